The number of benzene rings is 2. The third kappa shape index (κ3) is 1.89. The minimum atomic E-state index is 0.211. The molecular formula is C13H9ClN2OS. The summed E-state index contributed by atoms with van der Waals surface area (Å²) in [6, 6.07) is 10.5. The maximum atomic E-state index is 9.42. The molecule has 1 heterocycles. The molecule has 0 unspecified atom stereocenters. The zero-order valence-corrected chi connectivity index (χ0v) is 10.8. The quantitative estimate of drug-likeness (QED) is 0.663. The number of nitrogens with zero attached hydrogens (tertiary/aromatic N) is 1. The number of aromatic nitrogens is 1. The summed E-state index contributed by atoms with van der Waals surface area (Å²) >= 11 is 7.69. The number of halogens is 1. The van der Waals surface area contributed by atoms with Crippen molar-refractivity contribution >= 4 is 38.8 Å². The molecule has 0 bridgehead atoms. The average molecular weight is 277 g/mol. The number of aromatic hydroxyl groups is 1. The van der Waals surface area contributed by atoms with Gasteiger partial charge in [-0.15, -0.1) is 11.3 Å². The van der Waals surface area contributed by atoms with Crippen molar-refractivity contribution in [3.05, 3.63) is 41.4 Å². The Labute approximate surface area is 112 Å². The van der Waals surface area contributed by atoms with Crippen molar-refractivity contribution in [3.8, 4) is 16.3 Å². The van der Waals surface area contributed by atoms with Crippen LogP contribution in [0.5, 0.6) is 5.75 Å². The van der Waals surface area contributed by atoms with E-state index < -0.39 is 0 Å². The van der Waals surface area contributed by atoms with Crippen molar-refractivity contribution in [2.24, 2.45) is 0 Å². The molecule has 0 fully saturated rings. The Kier molecular flexibility index (Phi) is 2.61. The molecule has 1 aromatic heterocycles. The van der Waals surface area contributed by atoms with E-state index in [0.717, 1.165) is 20.8 Å². The molecule has 0 saturated heterocycles. The molecule has 18 heavy (non-hydrogen) atoms. The predicted octanol–water partition coefficient (Wildman–Crippen LogP) is 3.90. The molecule has 0 aliphatic rings. The van der Waals surface area contributed by atoms with E-state index in [1.165, 1.54) is 11.3 Å². The zero-order chi connectivity index (χ0) is 12.7. The lowest BCUT2D eigenvalue weighted by Crippen LogP contribution is -1.85. The number of thiazole rings is 1. The number of nitrogens with two attached hydrogens (primary N) is 1. The standard InChI is InChI=1S/C13H9ClN2OS/c14-10-5-7(15)1-3-9(10)13-16-11-6-8(17)2-4-12(11)18-13/h1-6,17H,15H2. The van der Waals surface area contributed by atoms with E-state index in [-0.39, 0.29) is 5.75 Å². The molecule has 0 atom stereocenters. The molecule has 0 saturated carbocycles. The number of rotatable bonds is 1. The Hall–Kier alpha value is -1.78. The first-order chi connectivity index (χ1) is 8.63. The fourth-order valence-corrected chi connectivity index (χ4v) is 3.06. The fraction of sp³-hybridized carbons (Fsp3) is 0. The van der Waals surface area contributed by atoms with E-state index in [4.69, 9.17) is 17.3 Å². The van der Waals surface area contributed by atoms with Crippen molar-refractivity contribution < 1.29 is 5.11 Å². The molecule has 3 N–H and O–H groups in total. The van der Waals surface area contributed by atoms with Crippen LogP contribution in [-0.4, -0.2) is 10.1 Å². The number of anilines is 1. The third-order valence-corrected chi connectivity index (χ3v) is 3.98. The average Bonchev–Trinajstić information content (AvgIpc) is 2.71. The fourth-order valence-electron chi connectivity index (χ4n) is 1.74. The van der Waals surface area contributed by atoms with Crippen molar-refractivity contribution in [3.63, 3.8) is 0 Å². The monoisotopic (exact) mass is 276 g/mol. The van der Waals surface area contributed by atoms with E-state index in [1.54, 1.807) is 24.3 Å². The summed E-state index contributed by atoms with van der Waals surface area (Å²) in [5, 5.41) is 10.8. The first-order valence-corrected chi connectivity index (χ1v) is 6.48. The van der Waals surface area contributed by atoms with Gasteiger partial charge in [0.1, 0.15) is 10.8 Å². The molecular weight excluding hydrogens is 268 g/mol. The Morgan fingerprint density at radius 3 is 2.78 bits per heavy atom. The van der Waals surface area contributed by atoms with Gasteiger partial charge < -0.3 is 10.8 Å². The van der Waals surface area contributed by atoms with E-state index in [9.17, 15) is 5.11 Å². The molecule has 0 spiro atoms. The summed E-state index contributed by atoms with van der Waals surface area (Å²) < 4.78 is 1.01. The molecule has 0 aliphatic heterocycles. The Morgan fingerprint density at radius 2 is 2.00 bits per heavy atom. The van der Waals surface area contributed by atoms with Gasteiger partial charge in [0, 0.05) is 17.3 Å². The second-order valence-corrected chi connectivity index (χ2v) is 5.35. The highest BCUT2D eigenvalue weighted by atomic mass is 35.5. The molecule has 0 radical (unpaired) electrons. The molecule has 0 aliphatic carbocycles. The van der Waals surface area contributed by atoms with Crippen LogP contribution in [0.25, 0.3) is 20.8 Å². The van der Waals surface area contributed by atoms with E-state index in [1.807, 2.05) is 12.1 Å². The van der Waals surface area contributed by atoms with Crippen molar-refractivity contribution in [1.82, 2.24) is 4.98 Å². The van der Waals surface area contributed by atoms with Gasteiger partial charge in [0.15, 0.2) is 0 Å². The van der Waals surface area contributed by atoms with Crippen molar-refractivity contribution in [2.75, 3.05) is 5.73 Å². The summed E-state index contributed by atoms with van der Waals surface area (Å²) in [5.74, 6) is 0.211. The molecule has 3 nitrogen and oxygen atoms in total. The van der Waals surface area contributed by atoms with E-state index >= 15 is 0 Å². The highest BCUT2D eigenvalue weighted by Gasteiger charge is 2.10. The predicted molar refractivity (Wildman–Crippen MR) is 76.1 cm³/mol. The zero-order valence-electron chi connectivity index (χ0n) is 9.22. The summed E-state index contributed by atoms with van der Waals surface area (Å²) in [6.45, 7) is 0. The normalized spacial score (nSPS) is 10.9. The summed E-state index contributed by atoms with van der Waals surface area (Å²) in [7, 11) is 0. The van der Waals surface area contributed by atoms with Gasteiger partial charge in [0.05, 0.1) is 15.2 Å². The van der Waals surface area contributed by atoms with Gasteiger partial charge in [0.25, 0.3) is 0 Å². The van der Waals surface area contributed by atoms with Gasteiger partial charge in [0.2, 0.25) is 0 Å². The highest BCUT2D eigenvalue weighted by molar-refractivity contribution is 7.21. The molecule has 2 aromatic carbocycles. The van der Waals surface area contributed by atoms with E-state index in [2.05, 4.69) is 4.98 Å². The van der Waals surface area contributed by atoms with Crippen LogP contribution in [0.1, 0.15) is 0 Å². The maximum absolute atomic E-state index is 9.42. The number of hydrogen-bond donors (Lipinski definition) is 2. The lowest BCUT2D eigenvalue weighted by molar-refractivity contribution is 0.476. The summed E-state index contributed by atoms with van der Waals surface area (Å²) in [4.78, 5) is 4.47. The third-order valence-electron chi connectivity index (χ3n) is 2.59. The van der Waals surface area contributed by atoms with Crippen LogP contribution in [0.3, 0.4) is 0 Å². The van der Waals surface area contributed by atoms with Crippen LogP contribution in [0.2, 0.25) is 5.02 Å². The first kappa shape index (κ1) is 11.3. The van der Waals surface area contributed by atoms with Crippen LogP contribution >= 0.6 is 22.9 Å². The second kappa shape index (κ2) is 4.15. The van der Waals surface area contributed by atoms with Crippen LogP contribution < -0.4 is 5.73 Å². The van der Waals surface area contributed by atoms with Crippen LogP contribution in [-0.2, 0) is 0 Å². The van der Waals surface area contributed by atoms with Gasteiger partial charge in [-0.25, -0.2) is 4.98 Å². The van der Waals surface area contributed by atoms with Crippen molar-refractivity contribution in [2.45, 2.75) is 0 Å². The van der Waals surface area contributed by atoms with Crippen molar-refractivity contribution in [1.29, 1.82) is 0 Å². The van der Waals surface area contributed by atoms with Crippen LogP contribution in [0.15, 0.2) is 36.4 Å². The maximum Gasteiger partial charge on any atom is 0.126 e. The summed E-state index contributed by atoms with van der Waals surface area (Å²) in [5.41, 5.74) is 7.91. The summed E-state index contributed by atoms with van der Waals surface area (Å²) in [6.07, 6.45) is 0. The minimum Gasteiger partial charge on any atom is -0.508 e. The van der Waals surface area contributed by atoms with Gasteiger partial charge in [-0.05, 0) is 30.3 Å². The molecule has 90 valence electrons. The molecule has 3 aromatic rings. The van der Waals surface area contributed by atoms with Gasteiger partial charge in [-0.2, -0.15) is 0 Å². The molecule has 3 rings (SSSR count). The topological polar surface area (TPSA) is 59.1 Å². The number of phenolic OH excluding ortho intramolecular Hbond substituents is 1. The minimum absolute atomic E-state index is 0.211. The number of phenols is 1. The second-order valence-electron chi connectivity index (χ2n) is 3.91. The SMILES string of the molecule is Nc1ccc(-c2nc3cc(O)ccc3s2)c(Cl)c1. The number of fused-ring (bicyclic) bond motifs is 1. The lowest BCUT2D eigenvalue weighted by Gasteiger charge is -2.00. The molecule has 0 amide bonds. The smallest absolute Gasteiger partial charge is 0.126 e. The van der Waals surface area contributed by atoms with Crippen LogP contribution in [0, 0.1) is 0 Å². The van der Waals surface area contributed by atoms with Gasteiger partial charge in [-0.3, -0.25) is 0 Å². The Balaban J connectivity index is 2.19. The number of hydrogen-bond acceptors (Lipinski definition) is 4. The highest BCUT2D eigenvalue weighted by Crippen LogP contribution is 2.35. The van der Waals surface area contributed by atoms with Gasteiger partial charge in [-0.1, -0.05) is 11.6 Å². The largest absolute Gasteiger partial charge is 0.508 e. The lowest BCUT2D eigenvalue weighted by atomic mass is 10.2. The van der Waals surface area contributed by atoms with E-state index in [0.29, 0.717) is 10.7 Å². The Bertz CT molecular complexity index is 739. The van der Waals surface area contributed by atoms with Gasteiger partial charge >= 0.3 is 0 Å². The van der Waals surface area contributed by atoms with Crippen LogP contribution in [0.4, 0.5) is 5.69 Å². The first-order valence-electron chi connectivity index (χ1n) is 5.28. The Morgan fingerprint density at radius 1 is 1.17 bits per heavy atom. The number of nitrogen functional groups attached to an aromatic ring is 1. The molecule has 5 heteroatoms.